The van der Waals surface area contributed by atoms with Gasteiger partial charge in [0.05, 0.1) is 27.9 Å². The molecule has 8 heteroatoms. The number of fused-ring (bicyclic) bond motifs is 1. The van der Waals surface area contributed by atoms with Gasteiger partial charge in [0.15, 0.2) is 15.8 Å². The Morgan fingerprint density at radius 2 is 2.12 bits per heavy atom. The van der Waals surface area contributed by atoms with Crippen molar-refractivity contribution in [3.05, 3.63) is 30.6 Å². The van der Waals surface area contributed by atoms with Gasteiger partial charge in [-0.15, -0.1) is 0 Å². The van der Waals surface area contributed by atoms with E-state index in [1.165, 1.54) is 0 Å². The van der Waals surface area contributed by atoms with Gasteiger partial charge in [0.1, 0.15) is 0 Å². The van der Waals surface area contributed by atoms with Crippen LogP contribution in [0.25, 0.3) is 11.0 Å². The molecule has 0 bridgehead atoms. The zero-order chi connectivity index (χ0) is 18.8. The molecule has 1 fully saturated rings. The molecule has 7 nitrogen and oxygen atoms in total. The lowest BCUT2D eigenvalue weighted by molar-refractivity contribution is 0.353. The summed E-state index contributed by atoms with van der Waals surface area (Å²) in [7, 11) is -1.31. The molecule has 1 aromatic heterocycles. The summed E-state index contributed by atoms with van der Waals surface area (Å²) in [5, 5.41) is 3.36. The van der Waals surface area contributed by atoms with Crippen LogP contribution in [0.15, 0.2) is 35.6 Å². The van der Waals surface area contributed by atoms with Crippen LogP contribution in [0.3, 0.4) is 0 Å². The van der Waals surface area contributed by atoms with E-state index in [1.807, 2.05) is 29.4 Å². The molecule has 2 aromatic rings. The molecule has 0 amide bonds. The van der Waals surface area contributed by atoms with Crippen LogP contribution in [0.1, 0.15) is 20.3 Å². The van der Waals surface area contributed by atoms with E-state index in [1.54, 1.807) is 20.9 Å². The molecular weight excluding hydrogens is 350 g/mol. The van der Waals surface area contributed by atoms with Crippen LogP contribution >= 0.6 is 0 Å². The Morgan fingerprint density at radius 1 is 1.35 bits per heavy atom. The Labute approximate surface area is 155 Å². The molecule has 1 N–H and O–H groups in total. The van der Waals surface area contributed by atoms with Crippen molar-refractivity contribution in [2.24, 2.45) is 4.99 Å². The zero-order valence-corrected chi connectivity index (χ0v) is 16.5. The molecule has 0 aliphatic carbocycles. The molecule has 26 heavy (non-hydrogen) atoms. The fourth-order valence-electron chi connectivity index (χ4n) is 3.29. The summed E-state index contributed by atoms with van der Waals surface area (Å²) in [5.74, 6) is 0.935. The Hall–Kier alpha value is -2.09. The van der Waals surface area contributed by atoms with Crippen molar-refractivity contribution < 1.29 is 8.42 Å². The second-order valence-electron chi connectivity index (χ2n) is 7.25. The molecule has 0 unspecified atom stereocenters. The van der Waals surface area contributed by atoms with Gasteiger partial charge in [-0.3, -0.25) is 4.99 Å². The largest absolute Gasteiger partial charge is 0.356 e. The van der Waals surface area contributed by atoms with Crippen molar-refractivity contribution in [1.82, 2.24) is 19.8 Å². The number of aromatic nitrogens is 2. The molecule has 142 valence electrons. The maximum absolute atomic E-state index is 12.2. The second kappa shape index (κ2) is 7.26. The van der Waals surface area contributed by atoms with Crippen LogP contribution in [0.2, 0.25) is 0 Å². The summed E-state index contributed by atoms with van der Waals surface area (Å²) in [4.78, 5) is 10.8. The van der Waals surface area contributed by atoms with Gasteiger partial charge in [-0.05, 0) is 32.4 Å². The van der Waals surface area contributed by atoms with Gasteiger partial charge in [-0.2, -0.15) is 0 Å². The molecule has 3 rings (SSSR count). The lowest BCUT2D eigenvalue weighted by atomic mass is 10.2. The zero-order valence-electron chi connectivity index (χ0n) is 15.6. The second-order valence-corrected chi connectivity index (χ2v) is 10.00. The predicted molar refractivity (Wildman–Crippen MR) is 105 cm³/mol. The number of sulfone groups is 1. The van der Waals surface area contributed by atoms with Crippen LogP contribution in [0.5, 0.6) is 0 Å². The Morgan fingerprint density at radius 3 is 2.85 bits per heavy atom. The minimum absolute atomic E-state index is 0.168. The van der Waals surface area contributed by atoms with Gasteiger partial charge in [-0.1, -0.05) is 12.1 Å². The van der Waals surface area contributed by atoms with E-state index in [9.17, 15) is 8.42 Å². The van der Waals surface area contributed by atoms with Gasteiger partial charge < -0.3 is 14.8 Å². The van der Waals surface area contributed by atoms with E-state index >= 15 is 0 Å². The highest BCUT2D eigenvalue weighted by Gasteiger charge is 2.40. The van der Waals surface area contributed by atoms with E-state index < -0.39 is 14.6 Å². The van der Waals surface area contributed by atoms with Gasteiger partial charge in [0.2, 0.25) is 0 Å². The van der Waals surface area contributed by atoms with E-state index in [0.29, 0.717) is 13.1 Å². The highest BCUT2D eigenvalue weighted by atomic mass is 32.2. The summed E-state index contributed by atoms with van der Waals surface area (Å²) < 4.78 is 25.7. The number of para-hydroxylation sites is 2. The summed E-state index contributed by atoms with van der Waals surface area (Å²) in [6, 6.07) is 8.10. The Kier molecular flexibility index (Phi) is 5.22. The number of aryl methyl sites for hydroxylation is 1. The minimum atomic E-state index is -3.05. The topological polar surface area (TPSA) is 79.6 Å². The maximum Gasteiger partial charge on any atom is 0.193 e. The number of guanidine groups is 1. The molecular formula is C18H27N5O2S. The van der Waals surface area contributed by atoms with Crippen LogP contribution in [0.4, 0.5) is 0 Å². The first-order valence-corrected chi connectivity index (χ1v) is 10.6. The van der Waals surface area contributed by atoms with Crippen molar-refractivity contribution in [1.29, 1.82) is 0 Å². The van der Waals surface area contributed by atoms with Gasteiger partial charge in [0.25, 0.3) is 0 Å². The van der Waals surface area contributed by atoms with Crippen molar-refractivity contribution in [2.75, 3.05) is 32.4 Å². The van der Waals surface area contributed by atoms with Crippen LogP contribution in [-0.2, 0) is 16.4 Å². The van der Waals surface area contributed by atoms with E-state index in [-0.39, 0.29) is 5.75 Å². The van der Waals surface area contributed by atoms with Crippen LogP contribution in [0, 0.1) is 0 Å². The van der Waals surface area contributed by atoms with Crippen molar-refractivity contribution in [2.45, 2.75) is 31.6 Å². The quantitative estimate of drug-likeness (QED) is 0.496. The highest BCUT2D eigenvalue weighted by molar-refractivity contribution is 7.92. The van der Waals surface area contributed by atoms with Crippen molar-refractivity contribution >= 4 is 26.8 Å². The van der Waals surface area contributed by atoms with E-state index in [4.69, 9.17) is 0 Å². The monoisotopic (exact) mass is 377 g/mol. The number of benzene rings is 1. The molecule has 2 heterocycles. The first-order valence-electron chi connectivity index (χ1n) is 8.92. The van der Waals surface area contributed by atoms with Gasteiger partial charge in [-0.25, -0.2) is 13.4 Å². The third-order valence-corrected chi connectivity index (χ3v) is 7.47. The van der Waals surface area contributed by atoms with Gasteiger partial charge >= 0.3 is 0 Å². The standard InChI is InChI=1S/C18H27N5O2S/c1-18(2)13-22(11-12-26(18,24)25)17(19-3)20-9-6-10-23-14-21-15-7-4-5-8-16(15)23/h4-5,7-8,14H,6,9-13H2,1-3H3,(H,19,20). The number of imidazole rings is 1. The average molecular weight is 378 g/mol. The molecule has 0 saturated carbocycles. The third kappa shape index (κ3) is 3.70. The molecule has 0 spiro atoms. The number of hydrogen-bond donors (Lipinski definition) is 1. The number of aliphatic imine (C=N–C) groups is 1. The van der Waals surface area contributed by atoms with E-state index in [2.05, 4.69) is 25.9 Å². The maximum atomic E-state index is 12.2. The number of hydrogen-bond acceptors (Lipinski definition) is 4. The van der Waals surface area contributed by atoms with Crippen LogP contribution in [-0.4, -0.2) is 66.0 Å². The highest BCUT2D eigenvalue weighted by Crippen LogP contribution is 2.23. The molecule has 1 aromatic carbocycles. The summed E-state index contributed by atoms with van der Waals surface area (Å²) in [5.41, 5.74) is 2.15. The Bertz CT molecular complexity index is 901. The smallest absolute Gasteiger partial charge is 0.193 e. The fourth-order valence-corrected chi connectivity index (χ4v) is 4.66. The van der Waals surface area contributed by atoms with E-state index in [0.717, 1.165) is 36.5 Å². The molecule has 0 atom stereocenters. The molecule has 1 aliphatic rings. The first kappa shape index (κ1) is 18.7. The third-order valence-electron chi connectivity index (χ3n) is 4.94. The lowest BCUT2D eigenvalue weighted by Crippen LogP contribution is -2.57. The summed E-state index contributed by atoms with van der Waals surface area (Å²) in [6.45, 7) is 6.14. The first-order chi connectivity index (χ1) is 12.3. The number of nitrogens with one attached hydrogen (secondary N) is 1. The summed E-state index contributed by atoms with van der Waals surface area (Å²) >= 11 is 0. The number of nitrogens with zero attached hydrogens (tertiary/aromatic N) is 4. The normalized spacial score (nSPS) is 19.7. The molecule has 0 radical (unpaired) electrons. The van der Waals surface area contributed by atoms with Gasteiger partial charge in [0, 0.05) is 33.2 Å². The van der Waals surface area contributed by atoms with Crippen molar-refractivity contribution in [3.8, 4) is 0 Å². The fraction of sp³-hybridized carbons (Fsp3) is 0.556. The predicted octanol–water partition coefficient (Wildman–Crippen LogP) is 1.51. The minimum Gasteiger partial charge on any atom is -0.356 e. The summed E-state index contributed by atoms with van der Waals surface area (Å²) in [6.07, 6.45) is 2.80. The lowest BCUT2D eigenvalue weighted by Gasteiger charge is -2.39. The van der Waals surface area contributed by atoms with Crippen molar-refractivity contribution in [3.63, 3.8) is 0 Å². The SMILES string of the molecule is CN=C(NCCCn1cnc2ccccc21)N1CCS(=O)(=O)C(C)(C)C1. The number of rotatable bonds is 4. The average Bonchev–Trinajstić information content (AvgIpc) is 3.01. The molecule has 1 saturated heterocycles. The molecule has 1 aliphatic heterocycles. The van der Waals surface area contributed by atoms with Crippen LogP contribution < -0.4 is 5.32 Å². The Balaban J connectivity index is 1.54.